The minimum atomic E-state index is -0.379. The number of nitrogens with zero attached hydrogens (tertiary/aromatic N) is 6. The molecule has 1 atom stereocenters. The molecule has 0 saturated carbocycles. The van der Waals surface area contributed by atoms with Crippen LogP contribution < -0.4 is 0 Å². The van der Waals surface area contributed by atoms with Crippen molar-refractivity contribution in [3.8, 4) is 11.3 Å². The molecule has 0 N–H and O–H groups in total. The Kier molecular flexibility index (Phi) is 4.58. The maximum Gasteiger partial charge on any atom is 0.147 e. The Morgan fingerprint density at radius 1 is 1.00 bits per heavy atom. The fourth-order valence-electron chi connectivity index (χ4n) is 4.25. The van der Waals surface area contributed by atoms with Crippen LogP contribution in [0, 0.1) is 19.7 Å². The molecule has 0 aliphatic heterocycles. The molecule has 6 nitrogen and oxygen atoms in total. The molecule has 2 aromatic carbocycles. The van der Waals surface area contributed by atoms with Crippen LogP contribution in [0.2, 0.25) is 0 Å². The molecule has 0 radical (unpaired) electrons. The van der Waals surface area contributed by atoms with Crippen LogP contribution in [0.5, 0.6) is 0 Å². The number of pyridine rings is 1. The van der Waals surface area contributed by atoms with E-state index in [0.29, 0.717) is 5.56 Å². The first-order valence-corrected chi connectivity index (χ1v) is 10.0. The molecule has 0 fully saturated rings. The molecule has 31 heavy (non-hydrogen) atoms. The summed E-state index contributed by atoms with van der Waals surface area (Å²) in [5.74, 6) is 0.456. The van der Waals surface area contributed by atoms with E-state index < -0.39 is 0 Å². The summed E-state index contributed by atoms with van der Waals surface area (Å²) in [4.78, 5) is 8.71. The summed E-state index contributed by atoms with van der Waals surface area (Å²) < 4.78 is 18.8. The molecule has 3 heterocycles. The summed E-state index contributed by atoms with van der Waals surface area (Å²) in [5.41, 5.74) is 6.07. The summed E-state index contributed by atoms with van der Waals surface area (Å²) in [5, 5.41) is 8.31. The molecule has 0 aliphatic rings. The third kappa shape index (κ3) is 3.18. The molecule has 0 aliphatic carbocycles. The van der Waals surface area contributed by atoms with Crippen LogP contribution in [0.3, 0.4) is 0 Å². The van der Waals surface area contributed by atoms with E-state index in [1.165, 1.54) is 6.20 Å². The van der Waals surface area contributed by atoms with Crippen LogP contribution in [0.15, 0.2) is 67.0 Å². The molecule has 1 unspecified atom stereocenters. The van der Waals surface area contributed by atoms with Gasteiger partial charge < -0.3 is 4.57 Å². The fraction of sp³-hybridized carbons (Fsp3) is 0.167. The van der Waals surface area contributed by atoms with Gasteiger partial charge in [-0.05, 0) is 37.6 Å². The molecular formula is C24H21FN6. The van der Waals surface area contributed by atoms with Crippen molar-refractivity contribution in [1.82, 2.24) is 29.5 Å². The van der Waals surface area contributed by atoms with Gasteiger partial charge in [-0.2, -0.15) is 0 Å². The minimum absolute atomic E-state index is 0.347. The maximum absolute atomic E-state index is 14.9. The van der Waals surface area contributed by atoms with Gasteiger partial charge in [0.05, 0.1) is 34.7 Å². The summed E-state index contributed by atoms with van der Waals surface area (Å²) in [6, 6.07) is 17.4. The van der Waals surface area contributed by atoms with Gasteiger partial charge in [0.25, 0.3) is 0 Å². The van der Waals surface area contributed by atoms with Gasteiger partial charge in [-0.3, -0.25) is 4.98 Å². The van der Waals surface area contributed by atoms with Gasteiger partial charge in [-0.25, -0.2) is 14.1 Å². The lowest BCUT2D eigenvalue weighted by molar-refractivity contribution is 0.567. The van der Waals surface area contributed by atoms with Crippen LogP contribution >= 0.6 is 0 Å². The molecule has 0 bridgehead atoms. The Balaban J connectivity index is 1.79. The third-order valence-electron chi connectivity index (χ3n) is 5.61. The van der Waals surface area contributed by atoms with Crippen LogP contribution in [0.25, 0.3) is 22.3 Å². The Hall–Kier alpha value is -3.87. The fourth-order valence-corrected chi connectivity index (χ4v) is 4.25. The van der Waals surface area contributed by atoms with Gasteiger partial charge in [0.2, 0.25) is 0 Å². The van der Waals surface area contributed by atoms with E-state index in [1.54, 1.807) is 16.9 Å². The van der Waals surface area contributed by atoms with Gasteiger partial charge in [0.1, 0.15) is 11.6 Å². The summed E-state index contributed by atoms with van der Waals surface area (Å²) in [6.07, 6.45) is 2.88. The highest BCUT2D eigenvalue weighted by Gasteiger charge is 2.24. The quantitative estimate of drug-likeness (QED) is 0.432. The van der Waals surface area contributed by atoms with Crippen molar-refractivity contribution in [2.24, 2.45) is 7.05 Å². The minimum Gasteiger partial charge on any atom is -0.316 e. The van der Waals surface area contributed by atoms with Crippen molar-refractivity contribution in [2.75, 3.05) is 0 Å². The van der Waals surface area contributed by atoms with Crippen molar-refractivity contribution in [3.05, 3.63) is 95.5 Å². The average molecular weight is 412 g/mol. The molecule has 154 valence electrons. The Morgan fingerprint density at radius 2 is 1.81 bits per heavy atom. The van der Waals surface area contributed by atoms with Crippen LogP contribution in [0.4, 0.5) is 4.39 Å². The smallest absolute Gasteiger partial charge is 0.147 e. The summed E-state index contributed by atoms with van der Waals surface area (Å²) >= 11 is 0. The molecular weight excluding hydrogens is 391 g/mol. The molecule has 5 aromatic rings. The van der Waals surface area contributed by atoms with Crippen LogP contribution in [0.1, 0.15) is 28.7 Å². The van der Waals surface area contributed by atoms with E-state index in [-0.39, 0.29) is 11.9 Å². The highest BCUT2D eigenvalue weighted by molar-refractivity contribution is 5.83. The topological polar surface area (TPSA) is 61.4 Å². The van der Waals surface area contributed by atoms with Crippen LogP contribution in [-0.2, 0) is 7.05 Å². The van der Waals surface area contributed by atoms with E-state index in [1.807, 2.05) is 63.4 Å². The van der Waals surface area contributed by atoms with E-state index >= 15 is 0 Å². The lowest BCUT2D eigenvalue weighted by Gasteiger charge is -2.23. The van der Waals surface area contributed by atoms with Crippen molar-refractivity contribution in [1.29, 1.82) is 0 Å². The van der Waals surface area contributed by atoms with Gasteiger partial charge in [0.15, 0.2) is 0 Å². The molecule has 7 heteroatoms. The lowest BCUT2D eigenvalue weighted by Crippen LogP contribution is -2.15. The monoisotopic (exact) mass is 412 g/mol. The van der Waals surface area contributed by atoms with Gasteiger partial charge >= 0.3 is 0 Å². The summed E-state index contributed by atoms with van der Waals surface area (Å²) in [7, 11) is 1.88. The van der Waals surface area contributed by atoms with Gasteiger partial charge in [-0.15, -0.1) is 5.10 Å². The van der Waals surface area contributed by atoms with Crippen LogP contribution in [-0.4, -0.2) is 29.5 Å². The second-order valence-electron chi connectivity index (χ2n) is 7.59. The molecule has 5 rings (SSSR count). The predicted octanol–water partition coefficient (Wildman–Crippen LogP) is 4.62. The van der Waals surface area contributed by atoms with E-state index in [0.717, 1.165) is 39.4 Å². The van der Waals surface area contributed by atoms with E-state index in [4.69, 9.17) is 4.98 Å². The van der Waals surface area contributed by atoms with Crippen molar-refractivity contribution in [3.63, 3.8) is 0 Å². The Morgan fingerprint density at radius 3 is 2.52 bits per heavy atom. The zero-order chi connectivity index (χ0) is 21.5. The van der Waals surface area contributed by atoms with Gasteiger partial charge in [-0.1, -0.05) is 41.6 Å². The normalized spacial score (nSPS) is 12.4. The van der Waals surface area contributed by atoms with Crippen molar-refractivity contribution < 1.29 is 4.39 Å². The number of fused-ring (bicyclic) bond motifs is 1. The summed E-state index contributed by atoms with van der Waals surface area (Å²) in [6.45, 7) is 3.89. The Labute approximate surface area is 179 Å². The lowest BCUT2D eigenvalue weighted by atomic mass is 9.98. The number of hydrogen-bond donors (Lipinski definition) is 0. The maximum atomic E-state index is 14.9. The first kappa shape index (κ1) is 19.1. The largest absolute Gasteiger partial charge is 0.316 e. The highest BCUT2D eigenvalue weighted by atomic mass is 19.1. The highest BCUT2D eigenvalue weighted by Crippen LogP contribution is 2.34. The molecule has 0 saturated heterocycles. The van der Waals surface area contributed by atoms with Gasteiger partial charge in [0, 0.05) is 24.4 Å². The molecule has 0 amide bonds. The second kappa shape index (κ2) is 7.43. The van der Waals surface area contributed by atoms with E-state index in [2.05, 4.69) is 25.9 Å². The zero-order valence-corrected chi connectivity index (χ0v) is 17.5. The van der Waals surface area contributed by atoms with Crippen molar-refractivity contribution >= 4 is 11.0 Å². The number of halogens is 1. The SMILES string of the molecule is Cc1nnn(C)c1-c1ccc2nc(C)n(C(c3ccccc3)c3ccncc3F)c2c1. The number of aromatic nitrogens is 6. The standard InChI is InChI=1S/C24H21FN6/c1-15-23(30(3)29-28-15)18-9-10-21-22(13-18)31(16(2)27-21)24(17-7-5-4-6-8-17)19-11-12-26-14-20(19)25/h4-14,24H,1-3H3. The third-order valence-corrected chi connectivity index (χ3v) is 5.61. The zero-order valence-electron chi connectivity index (χ0n) is 17.5. The average Bonchev–Trinajstić information content (AvgIpc) is 3.28. The molecule has 3 aromatic heterocycles. The molecule has 0 spiro atoms. The number of rotatable bonds is 4. The number of benzene rings is 2. The second-order valence-corrected chi connectivity index (χ2v) is 7.59. The number of aryl methyl sites for hydroxylation is 3. The number of hydrogen-bond acceptors (Lipinski definition) is 4. The van der Waals surface area contributed by atoms with E-state index in [9.17, 15) is 4.39 Å². The number of imidazole rings is 1. The Bertz CT molecular complexity index is 1370. The first-order valence-electron chi connectivity index (χ1n) is 10.0. The van der Waals surface area contributed by atoms with Crippen molar-refractivity contribution in [2.45, 2.75) is 19.9 Å². The predicted molar refractivity (Wildman–Crippen MR) is 117 cm³/mol. The first-order chi connectivity index (χ1) is 15.0.